The zero-order chi connectivity index (χ0) is 11.3. The lowest BCUT2D eigenvalue weighted by atomic mass is 10.2. The van der Waals surface area contributed by atoms with Crippen molar-refractivity contribution in [3.63, 3.8) is 0 Å². The summed E-state index contributed by atoms with van der Waals surface area (Å²) in [6, 6.07) is 0. The fourth-order valence-corrected chi connectivity index (χ4v) is 0.982. The van der Waals surface area contributed by atoms with Gasteiger partial charge in [0.2, 0.25) is 5.91 Å². The Balaban J connectivity index is 2.95. The zero-order valence-electron chi connectivity index (χ0n) is 8.48. The normalized spacial score (nSPS) is 9.47. The first kappa shape index (κ1) is 11.1. The van der Waals surface area contributed by atoms with Crippen molar-refractivity contribution in [1.82, 2.24) is 10.2 Å². The molecule has 0 radical (unpaired) electrons. The lowest BCUT2D eigenvalue weighted by Crippen LogP contribution is -2.13. The third-order valence-electron chi connectivity index (χ3n) is 1.54. The van der Waals surface area contributed by atoms with E-state index in [1.54, 1.807) is 6.92 Å². The molecule has 0 aliphatic carbocycles. The number of nitrogens with zero attached hydrogens (tertiary/aromatic N) is 2. The van der Waals surface area contributed by atoms with Crippen LogP contribution in [-0.4, -0.2) is 28.7 Å². The van der Waals surface area contributed by atoms with E-state index in [1.165, 1.54) is 19.3 Å². The Bertz CT molecular complexity index is 379. The van der Waals surface area contributed by atoms with Crippen molar-refractivity contribution in [2.75, 3.05) is 11.9 Å². The maximum atomic E-state index is 11.4. The fraction of sp³-hybridized carbons (Fsp3) is 0.333. The van der Waals surface area contributed by atoms with Gasteiger partial charge in [-0.15, -0.1) is 0 Å². The third-order valence-corrected chi connectivity index (χ3v) is 1.54. The van der Waals surface area contributed by atoms with Crippen LogP contribution in [0, 0.1) is 0 Å². The van der Waals surface area contributed by atoms with Gasteiger partial charge in [-0.25, -0.2) is 4.79 Å². The van der Waals surface area contributed by atoms with Crippen LogP contribution in [0.15, 0.2) is 12.4 Å². The van der Waals surface area contributed by atoms with Crippen molar-refractivity contribution in [1.29, 1.82) is 0 Å². The van der Waals surface area contributed by atoms with Gasteiger partial charge >= 0.3 is 5.97 Å². The van der Waals surface area contributed by atoms with E-state index < -0.39 is 5.97 Å². The second-order valence-electron chi connectivity index (χ2n) is 2.72. The summed E-state index contributed by atoms with van der Waals surface area (Å²) in [6.07, 6.45) is 2.55. The number of esters is 1. The molecule has 1 heterocycles. The van der Waals surface area contributed by atoms with Crippen LogP contribution in [0.1, 0.15) is 24.2 Å². The Morgan fingerprint density at radius 2 is 2.07 bits per heavy atom. The number of carbonyl (C=O) groups is 2. The maximum absolute atomic E-state index is 11.4. The number of carbonyl (C=O) groups excluding carboxylic acids is 2. The highest BCUT2D eigenvalue weighted by atomic mass is 16.5. The van der Waals surface area contributed by atoms with Crippen LogP contribution >= 0.6 is 0 Å². The summed E-state index contributed by atoms with van der Waals surface area (Å²) in [7, 11) is 0. The number of rotatable bonds is 3. The number of ether oxygens (including phenoxy) is 1. The van der Waals surface area contributed by atoms with E-state index in [4.69, 9.17) is 4.74 Å². The molecule has 0 atom stereocenters. The quantitative estimate of drug-likeness (QED) is 0.737. The SMILES string of the molecule is CCOC(=O)c1cnncc1NC(C)=O. The molecule has 6 heteroatoms. The number of anilines is 1. The van der Waals surface area contributed by atoms with Gasteiger partial charge in [-0.05, 0) is 6.92 Å². The van der Waals surface area contributed by atoms with Crippen molar-refractivity contribution in [2.45, 2.75) is 13.8 Å². The molecule has 1 N–H and O–H groups in total. The summed E-state index contributed by atoms with van der Waals surface area (Å²) < 4.78 is 4.79. The molecular formula is C9H11N3O3. The largest absolute Gasteiger partial charge is 0.462 e. The molecule has 6 nitrogen and oxygen atoms in total. The maximum Gasteiger partial charge on any atom is 0.341 e. The lowest BCUT2D eigenvalue weighted by Gasteiger charge is -2.06. The Hall–Kier alpha value is -1.98. The zero-order valence-corrected chi connectivity index (χ0v) is 8.48. The third kappa shape index (κ3) is 3.01. The van der Waals surface area contributed by atoms with Crippen molar-refractivity contribution in [2.24, 2.45) is 0 Å². The van der Waals surface area contributed by atoms with Gasteiger partial charge in [0.1, 0.15) is 5.56 Å². The van der Waals surface area contributed by atoms with E-state index in [2.05, 4.69) is 15.5 Å². The molecular weight excluding hydrogens is 198 g/mol. The Morgan fingerprint density at radius 1 is 1.40 bits per heavy atom. The van der Waals surface area contributed by atoms with Gasteiger partial charge in [-0.2, -0.15) is 10.2 Å². The highest BCUT2D eigenvalue weighted by Gasteiger charge is 2.13. The molecule has 1 aromatic heterocycles. The van der Waals surface area contributed by atoms with Crippen molar-refractivity contribution >= 4 is 17.6 Å². The van der Waals surface area contributed by atoms with Gasteiger partial charge in [0, 0.05) is 6.92 Å². The highest BCUT2D eigenvalue weighted by Crippen LogP contribution is 2.13. The molecule has 0 aliphatic rings. The number of aromatic nitrogens is 2. The van der Waals surface area contributed by atoms with E-state index in [9.17, 15) is 9.59 Å². The lowest BCUT2D eigenvalue weighted by molar-refractivity contribution is -0.114. The van der Waals surface area contributed by atoms with Gasteiger partial charge in [0.25, 0.3) is 0 Å². The average molecular weight is 209 g/mol. The van der Waals surface area contributed by atoms with Crippen LogP contribution in [0.3, 0.4) is 0 Å². The Kier molecular flexibility index (Phi) is 3.73. The van der Waals surface area contributed by atoms with Crippen molar-refractivity contribution < 1.29 is 14.3 Å². The van der Waals surface area contributed by atoms with Crippen LogP contribution in [-0.2, 0) is 9.53 Å². The molecule has 0 bridgehead atoms. The second-order valence-corrected chi connectivity index (χ2v) is 2.72. The summed E-state index contributed by atoms with van der Waals surface area (Å²) >= 11 is 0. The van der Waals surface area contributed by atoms with Crippen LogP contribution in [0.5, 0.6) is 0 Å². The molecule has 0 unspecified atom stereocenters. The summed E-state index contributed by atoms with van der Waals surface area (Å²) in [5.74, 6) is -0.815. The minimum absolute atomic E-state index is 0.196. The van der Waals surface area contributed by atoms with Crippen LogP contribution in [0.4, 0.5) is 5.69 Å². The van der Waals surface area contributed by atoms with Crippen molar-refractivity contribution in [3.05, 3.63) is 18.0 Å². The van der Waals surface area contributed by atoms with Crippen molar-refractivity contribution in [3.8, 4) is 0 Å². The molecule has 0 fully saturated rings. The average Bonchev–Trinajstić information content (AvgIpc) is 2.18. The van der Waals surface area contributed by atoms with Gasteiger partial charge in [-0.1, -0.05) is 0 Å². The number of nitrogens with one attached hydrogen (secondary N) is 1. The Labute approximate surface area is 86.7 Å². The first-order valence-corrected chi connectivity index (χ1v) is 4.40. The molecule has 1 amide bonds. The summed E-state index contributed by atoms with van der Waals surface area (Å²) in [6.45, 7) is 3.31. The minimum Gasteiger partial charge on any atom is -0.462 e. The first-order chi connectivity index (χ1) is 7.15. The second kappa shape index (κ2) is 5.04. The van der Waals surface area contributed by atoms with Crippen LogP contribution in [0.25, 0.3) is 0 Å². The molecule has 0 saturated carbocycles. The highest BCUT2D eigenvalue weighted by molar-refractivity contribution is 6.00. The summed E-state index contributed by atoms with van der Waals surface area (Å²) in [4.78, 5) is 22.2. The Morgan fingerprint density at radius 3 is 2.67 bits per heavy atom. The van der Waals surface area contributed by atoms with E-state index in [-0.39, 0.29) is 18.1 Å². The molecule has 15 heavy (non-hydrogen) atoms. The minimum atomic E-state index is -0.531. The topological polar surface area (TPSA) is 81.2 Å². The number of hydrogen-bond donors (Lipinski definition) is 1. The predicted octanol–water partition coefficient (Wildman–Crippen LogP) is 0.612. The van der Waals surface area contributed by atoms with E-state index >= 15 is 0 Å². The molecule has 0 aromatic carbocycles. The molecule has 0 spiro atoms. The van der Waals surface area contributed by atoms with Gasteiger partial charge in [-0.3, -0.25) is 4.79 Å². The molecule has 0 aliphatic heterocycles. The first-order valence-electron chi connectivity index (χ1n) is 4.40. The summed E-state index contributed by atoms with van der Waals surface area (Å²) in [5.41, 5.74) is 0.498. The standard InChI is InChI=1S/C9H11N3O3/c1-3-15-9(14)7-4-10-11-5-8(7)12-6(2)13/h4-5H,3H2,1-2H3,(H,10,12,13). The molecule has 80 valence electrons. The van der Waals surface area contributed by atoms with Crippen LogP contribution in [0.2, 0.25) is 0 Å². The summed E-state index contributed by atoms with van der Waals surface area (Å²) in [5, 5.41) is 9.59. The van der Waals surface area contributed by atoms with E-state index in [0.29, 0.717) is 5.69 Å². The van der Waals surface area contributed by atoms with Crippen LogP contribution < -0.4 is 5.32 Å². The van der Waals surface area contributed by atoms with Gasteiger partial charge in [0.05, 0.1) is 24.7 Å². The van der Waals surface area contributed by atoms with E-state index in [0.717, 1.165) is 0 Å². The fourth-order valence-electron chi connectivity index (χ4n) is 0.982. The number of hydrogen-bond acceptors (Lipinski definition) is 5. The predicted molar refractivity (Wildman–Crippen MR) is 52.3 cm³/mol. The van der Waals surface area contributed by atoms with Gasteiger partial charge in [0.15, 0.2) is 0 Å². The monoisotopic (exact) mass is 209 g/mol. The van der Waals surface area contributed by atoms with Gasteiger partial charge < -0.3 is 10.1 Å². The molecule has 1 rings (SSSR count). The smallest absolute Gasteiger partial charge is 0.341 e. The molecule has 1 aromatic rings. The van der Waals surface area contributed by atoms with E-state index in [1.807, 2.05) is 0 Å². The molecule has 0 saturated heterocycles. The number of amides is 1.